The second kappa shape index (κ2) is 7.27. The van der Waals surface area contributed by atoms with Crippen molar-refractivity contribution in [3.05, 3.63) is 65.9 Å². The van der Waals surface area contributed by atoms with Crippen LogP contribution >= 0.6 is 0 Å². The molecule has 0 unspecified atom stereocenters. The molecule has 1 saturated heterocycles. The van der Waals surface area contributed by atoms with Gasteiger partial charge in [-0.05, 0) is 35.7 Å². The van der Waals surface area contributed by atoms with E-state index in [4.69, 9.17) is 9.15 Å². The summed E-state index contributed by atoms with van der Waals surface area (Å²) < 4.78 is 10.4. The Bertz CT molecular complexity index is 991. The van der Waals surface area contributed by atoms with Gasteiger partial charge in [0.05, 0.1) is 7.11 Å². The van der Waals surface area contributed by atoms with Gasteiger partial charge in [-0.3, -0.25) is 9.59 Å². The van der Waals surface area contributed by atoms with E-state index in [0.29, 0.717) is 24.6 Å². The maximum atomic E-state index is 13.0. The third-order valence-electron chi connectivity index (χ3n) is 5.11. The van der Waals surface area contributed by atoms with Crippen molar-refractivity contribution in [2.24, 2.45) is 5.92 Å². The van der Waals surface area contributed by atoms with Crippen LogP contribution in [-0.2, 0) is 0 Å². The molecule has 2 aromatic carbocycles. The van der Waals surface area contributed by atoms with Gasteiger partial charge in [0.15, 0.2) is 11.5 Å². The van der Waals surface area contributed by atoms with Crippen molar-refractivity contribution in [3.63, 3.8) is 0 Å². The fourth-order valence-electron chi connectivity index (χ4n) is 3.65. The molecule has 0 saturated carbocycles. The smallest absolute Gasteiger partial charge is 0.289 e. The standard InChI is InChI=1S/C22H21NO4/c1-26-20-11-10-19(27-20)22(25)23-12-4-7-18(14-23)21(24)17-9-8-15-5-2-3-6-16(15)13-17/h2-3,5-6,8-11,13,18H,4,7,12,14H2,1H3/t18-/m1/s1. The van der Waals surface area contributed by atoms with Crippen LogP contribution in [0.1, 0.15) is 33.8 Å². The third kappa shape index (κ3) is 3.45. The molecule has 138 valence electrons. The predicted octanol–water partition coefficient (Wildman–Crippen LogP) is 4.18. The molecule has 1 aromatic heterocycles. The number of nitrogens with zero attached hydrogens (tertiary/aromatic N) is 1. The minimum absolute atomic E-state index is 0.0929. The van der Waals surface area contributed by atoms with Gasteiger partial charge in [0.1, 0.15) is 0 Å². The number of fused-ring (bicyclic) bond motifs is 1. The van der Waals surface area contributed by atoms with Crippen molar-refractivity contribution in [1.82, 2.24) is 4.90 Å². The number of piperidine rings is 1. The van der Waals surface area contributed by atoms with Gasteiger partial charge in [-0.25, -0.2) is 0 Å². The quantitative estimate of drug-likeness (QED) is 0.653. The first-order valence-corrected chi connectivity index (χ1v) is 9.12. The molecule has 5 heteroatoms. The predicted molar refractivity (Wildman–Crippen MR) is 102 cm³/mol. The summed E-state index contributed by atoms with van der Waals surface area (Å²) in [5, 5.41) is 2.16. The van der Waals surface area contributed by atoms with Crippen molar-refractivity contribution < 1.29 is 18.7 Å². The minimum atomic E-state index is -0.200. The van der Waals surface area contributed by atoms with Crippen LogP contribution in [0.2, 0.25) is 0 Å². The summed E-state index contributed by atoms with van der Waals surface area (Å²) in [7, 11) is 1.49. The average molecular weight is 363 g/mol. The first-order chi connectivity index (χ1) is 13.2. The number of methoxy groups -OCH3 is 1. The SMILES string of the molecule is COc1ccc(C(=O)N2CCC[C@@H](C(=O)c3ccc4ccccc4c3)C2)o1. The molecule has 0 radical (unpaired) electrons. The van der Waals surface area contributed by atoms with Crippen LogP contribution in [0.3, 0.4) is 0 Å². The number of likely N-dealkylation sites (tertiary alicyclic amines) is 1. The number of rotatable bonds is 4. The van der Waals surface area contributed by atoms with Crippen molar-refractivity contribution in [3.8, 4) is 5.95 Å². The third-order valence-corrected chi connectivity index (χ3v) is 5.11. The normalized spacial score (nSPS) is 17.1. The van der Waals surface area contributed by atoms with Crippen LogP contribution < -0.4 is 4.74 Å². The molecule has 5 nitrogen and oxygen atoms in total. The first kappa shape index (κ1) is 17.3. The van der Waals surface area contributed by atoms with E-state index in [1.807, 2.05) is 42.5 Å². The molecular formula is C22H21NO4. The maximum Gasteiger partial charge on any atom is 0.289 e. The number of hydrogen-bond acceptors (Lipinski definition) is 4. The summed E-state index contributed by atoms with van der Waals surface area (Å²) in [5.74, 6) is 0.245. The zero-order valence-electron chi connectivity index (χ0n) is 15.2. The molecule has 1 fully saturated rings. The Balaban J connectivity index is 1.51. The highest BCUT2D eigenvalue weighted by molar-refractivity contribution is 6.02. The first-order valence-electron chi connectivity index (χ1n) is 9.12. The summed E-state index contributed by atoms with van der Waals surface area (Å²) in [6, 6.07) is 17.0. The molecule has 4 rings (SSSR count). The Hall–Kier alpha value is -3.08. The van der Waals surface area contributed by atoms with Gasteiger partial charge in [-0.15, -0.1) is 0 Å². The molecule has 0 bridgehead atoms. The Morgan fingerprint density at radius 3 is 2.67 bits per heavy atom. The molecule has 1 aliphatic heterocycles. The highest BCUT2D eigenvalue weighted by atomic mass is 16.6. The van der Waals surface area contributed by atoms with Gasteiger partial charge in [-0.2, -0.15) is 0 Å². The van der Waals surface area contributed by atoms with Gasteiger partial charge in [-0.1, -0.05) is 36.4 Å². The number of carbonyl (C=O) groups excluding carboxylic acids is 2. The maximum absolute atomic E-state index is 13.0. The molecule has 27 heavy (non-hydrogen) atoms. The summed E-state index contributed by atoms with van der Waals surface area (Å²) in [4.78, 5) is 27.4. The van der Waals surface area contributed by atoms with Gasteiger partial charge in [0.2, 0.25) is 0 Å². The fourth-order valence-corrected chi connectivity index (χ4v) is 3.65. The number of ketones is 1. The van der Waals surface area contributed by atoms with Gasteiger partial charge in [0.25, 0.3) is 11.9 Å². The lowest BCUT2D eigenvalue weighted by molar-refractivity contribution is 0.0606. The number of furan rings is 1. The van der Waals surface area contributed by atoms with Crippen LogP contribution in [0.5, 0.6) is 5.95 Å². The second-order valence-corrected chi connectivity index (χ2v) is 6.84. The van der Waals surface area contributed by atoms with Crippen molar-refractivity contribution in [1.29, 1.82) is 0 Å². The van der Waals surface area contributed by atoms with Gasteiger partial charge < -0.3 is 14.1 Å². The number of amides is 1. The lowest BCUT2D eigenvalue weighted by Crippen LogP contribution is -2.42. The van der Waals surface area contributed by atoms with Crippen LogP contribution in [0.4, 0.5) is 0 Å². The van der Waals surface area contributed by atoms with Crippen molar-refractivity contribution in [2.45, 2.75) is 12.8 Å². The summed E-state index contributed by atoms with van der Waals surface area (Å²) in [5.41, 5.74) is 0.702. The zero-order chi connectivity index (χ0) is 18.8. The Morgan fingerprint density at radius 1 is 1.07 bits per heavy atom. The van der Waals surface area contributed by atoms with Crippen LogP contribution in [-0.4, -0.2) is 36.8 Å². The van der Waals surface area contributed by atoms with Gasteiger partial charge in [0, 0.05) is 30.6 Å². The Kier molecular flexibility index (Phi) is 4.67. The van der Waals surface area contributed by atoms with Gasteiger partial charge >= 0.3 is 0 Å². The molecule has 2 heterocycles. The van der Waals surface area contributed by atoms with E-state index in [1.54, 1.807) is 17.0 Å². The van der Waals surface area contributed by atoms with Crippen molar-refractivity contribution >= 4 is 22.5 Å². The summed E-state index contributed by atoms with van der Waals surface area (Å²) in [6.07, 6.45) is 1.59. The number of ether oxygens (including phenoxy) is 1. The average Bonchev–Trinajstić information content (AvgIpc) is 3.21. The highest BCUT2D eigenvalue weighted by Gasteiger charge is 2.30. The molecule has 0 aliphatic carbocycles. The van der Waals surface area contributed by atoms with E-state index in [1.165, 1.54) is 7.11 Å². The fraction of sp³-hybridized carbons (Fsp3) is 0.273. The monoisotopic (exact) mass is 363 g/mol. The lowest BCUT2D eigenvalue weighted by Gasteiger charge is -2.31. The number of carbonyl (C=O) groups is 2. The molecule has 3 aromatic rings. The van der Waals surface area contributed by atoms with Crippen LogP contribution in [0, 0.1) is 5.92 Å². The second-order valence-electron chi connectivity index (χ2n) is 6.84. The van der Waals surface area contributed by atoms with Crippen LogP contribution in [0.15, 0.2) is 59.0 Å². The minimum Gasteiger partial charge on any atom is -0.468 e. The molecule has 1 amide bonds. The van der Waals surface area contributed by atoms with E-state index in [0.717, 1.165) is 23.6 Å². The highest BCUT2D eigenvalue weighted by Crippen LogP contribution is 2.25. The number of hydrogen-bond donors (Lipinski definition) is 0. The summed E-state index contributed by atoms with van der Waals surface area (Å²) in [6.45, 7) is 1.04. The van der Waals surface area contributed by atoms with E-state index >= 15 is 0 Å². The topological polar surface area (TPSA) is 59.8 Å². The Labute approximate surface area is 157 Å². The molecule has 1 atom stereocenters. The largest absolute Gasteiger partial charge is 0.468 e. The van der Waals surface area contributed by atoms with E-state index in [2.05, 4.69) is 0 Å². The Morgan fingerprint density at radius 2 is 1.89 bits per heavy atom. The molecule has 0 spiro atoms. The van der Waals surface area contributed by atoms with E-state index < -0.39 is 0 Å². The number of Topliss-reactive ketones (excluding diaryl/α,β-unsaturated/α-hetero) is 1. The molecule has 0 N–H and O–H groups in total. The molecular weight excluding hydrogens is 342 g/mol. The van der Waals surface area contributed by atoms with E-state index in [9.17, 15) is 9.59 Å². The zero-order valence-corrected chi connectivity index (χ0v) is 15.2. The summed E-state index contributed by atoms with van der Waals surface area (Å²) >= 11 is 0. The lowest BCUT2D eigenvalue weighted by atomic mass is 9.89. The van der Waals surface area contributed by atoms with Crippen LogP contribution in [0.25, 0.3) is 10.8 Å². The van der Waals surface area contributed by atoms with E-state index in [-0.39, 0.29) is 23.4 Å². The van der Waals surface area contributed by atoms with Crippen molar-refractivity contribution in [2.75, 3.05) is 20.2 Å². The molecule has 1 aliphatic rings. The number of benzene rings is 2.